The molecule has 1 aromatic carbocycles. The number of amides is 1. The van der Waals surface area contributed by atoms with Crippen molar-refractivity contribution in [1.82, 2.24) is 4.90 Å². The van der Waals surface area contributed by atoms with E-state index in [1.54, 1.807) is 12.1 Å². The molecule has 1 amide bonds. The number of carbonyl (C=O) groups is 2. The van der Waals surface area contributed by atoms with Gasteiger partial charge in [0.05, 0.1) is 22.1 Å². The van der Waals surface area contributed by atoms with Crippen molar-refractivity contribution in [1.29, 1.82) is 0 Å². The fourth-order valence-corrected chi connectivity index (χ4v) is 2.93. The number of hydrogen-bond donors (Lipinski definition) is 1. The summed E-state index contributed by atoms with van der Waals surface area (Å²) < 4.78 is 24.0. The van der Waals surface area contributed by atoms with Gasteiger partial charge in [-0.3, -0.25) is 9.59 Å². The average Bonchev–Trinajstić information content (AvgIpc) is 2.46. The monoisotopic (exact) mass is 313 g/mol. The van der Waals surface area contributed by atoms with Gasteiger partial charge in [0.15, 0.2) is 9.84 Å². The van der Waals surface area contributed by atoms with Crippen molar-refractivity contribution >= 4 is 21.7 Å². The molecule has 1 N–H and O–H groups in total. The summed E-state index contributed by atoms with van der Waals surface area (Å²) in [6.07, 6.45) is 0. The van der Waals surface area contributed by atoms with E-state index in [1.165, 1.54) is 37.9 Å². The number of hydrogen-bond acceptors (Lipinski definition) is 4. The summed E-state index contributed by atoms with van der Waals surface area (Å²) >= 11 is 0. The largest absolute Gasteiger partial charge is 0.481 e. The third-order valence-electron chi connectivity index (χ3n) is 3.15. The highest BCUT2D eigenvalue weighted by Crippen LogP contribution is 2.19. The van der Waals surface area contributed by atoms with Crippen molar-refractivity contribution in [2.24, 2.45) is 5.92 Å². The fourth-order valence-electron chi connectivity index (χ4n) is 1.85. The van der Waals surface area contributed by atoms with E-state index in [2.05, 4.69) is 0 Å². The molecular formula is C14H19NO5S. The Morgan fingerprint density at radius 2 is 1.86 bits per heavy atom. The number of carboxylic acid groups (broad SMARTS) is 1. The SMILES string of the molecule is CCS(=O)(=O)c1ccccc1C(=O)N(C)CC(C)C(=O)O. The number of aliphatic carboxylic acids is 1. The molecule has 0 aromatic heterocycles. The van der Waals surface area contributed by atoms with Crippen LogP contribution in [-0.4, -0.2) is 49.6 Å². The Morgan fingerprint density at radius 1 is 1.29 bits per heavy atom. The highest BCUT2D eigenvalue weighted by atomic mass is 32.2. The summed E-state index contributed by atoms with van der Waals surface area (Å²) in [4.78, 5) is 24.4. The number of carbonyl (C=O) groups excluding carboxylic acids is 1. The van der Waals surface area contributed by atoms with Gasteiger partial charge in [-0.25, -0.2) is 8.42 Å². The van der Waals surface area contributed by atoms with Gasteiger partial charge in [-0.2, -0.15) is 0 Å². The van der Waals surface area contributed by atoms with Crippen LogP contribution in [0.3, 0.4) is 0 Å². The van der Waals surface area contributed by atoms with E-state index in [9.17, 15) is 18.0 Å². The Balaban J connectivity index is 3.12. The van der Waals surface area contributed by atoms with E-state index >= 15 is 0 Å². The van der Waals surface area contributed by atoms with Crippen molar-refractivity contribution in [2.75, 3.05) is 19.3 Å². The van der Waals surface area contributed by atoms with Gasteiger partial charge < -0.3 is 10.0 Å². The lowest BCUT2D eigenvalue weighted by Crippen LogP contribution is -2.34. The first kappa shape index (κ1) is 17.2. The van der Waals surface area contributed by atoms with Gasteiger partial charge in [0.2, 0.25) is 0 Å². The first-order valence-electron chi connectivity index (χ1n) is 6.50. The number of carboxylic acids is 1. The van der Waals surface area contributed by atoms with Gasteiger partial charge in [-0.15, -0.1) is 0 Å². The average molecular weight is 313 g/mol. The number of sulfone groups is 1. The molecule has 0 spiro atoms. The minimum Gasteiger partial charge on any atom is -0.481 e. The molecule has 1 aromatic rings. The van der Waals surface area contributed by atoms with Crippen molar-refractivity contribution < 1.29 is 23.1 Å². The van der Waals surface area contributed by atoms with E-state index in [1.807, 2.05) is 0 Å². The third kappa shape index (κ3) is 4.04. The maximum atomic E-state index is 12.4. The van der Waals surface area contributed by atoms with Crippen molar-refractivity contribution in [2.45, 2.75) is 18.7 Å². The van der Waals surface area contributed by atoms with Gasteiger partial charge in [-0.05, 0) is 12.1 Å². The zero-order valence-electron chi connectivity index (χ0n) is 12.2. The van der Waals surface area contributed by atoms with Gasteiger partial charge in [0.1, 0.15) is 0 Å². The highest BCUT2D eigenvalue weighted by Gasteiger charge is 2.24. The Kier molecular flexibility index (Phi) is 5.48. The quantitative estimate of drug-likeness (QED) is 0.854. The molecule has 0 aliphatic rings. The van der Waals surface area contributed by atoms with E-state index < -0.39 is 27.6 Å². The van der Waals surface area contributed by atoms with Crippen LogP contribution >= 0.6 is 0 Å². The van der Waals surface area contributed by atoms with Crippen LogP contribution in [-0.2, 0) is 14.6 Å². The van der Waals surface area contributed by atoms with Crippen LogP contribution < -0.4 is 0 Å². The maximum absolute atomic E-state index is 12.4. The molecule has 0 radical (unpaired) electrons. The molecule has 1 rings (SSSR count). The zero-order valence-corrected chi connectivity index (χ0v) is 13.1. The first-order chi connectivity index (χ1) is 9.70. The van der Waals surface area contributed by atoms with Crippen LogP contribution in [0.15, 0.2) is 29.2 Å². The molecule has 0 saturated heterocycles. The normalized spacial score (nSPS) is 12.7. The maximum Gasteiger partial charge on any atom is 0.308 e. The molecule has 0 aliphatic carbocycles. The van der Waals surface area contributed by atoms with Crippen LogP contribution in [0.1, 0.15) is 24.2 Å². The second kappa shape index (κ2) is 6.71. The Labute approximate surface area is 124 Å². The minimum atomic E-state index is -3.52. The lowest BCUT2D eigenvalue weighted by molar-refractivity contribution is -0.141. The number of benzene rings is 1. The van der Waals surface area contributed by atoms with E-state index in [4.69, 9.17) is 5.11 Å². The van der Waals surface area contributed by atoms with Crippen LogP contribution in [0, 0.1) is 5.92 Å². The standard InChI is InChI=1S/C14H19NO5S/c1-4-21(19,20)12-8-6-5-7-11(12)13(16)15(3)9-10(2)14(17)18/h5-8,10H,4,9H2,1-3H3,(H,17,18). The molecular weight excluding hydrogens is 294 g/mol. The lowest BCUT2D eigenvalue weighted by atomic mass is 10.1. The zero-order chi connectivity index (χ0) is 16.2. The molecule has 0 saturated carbocycles. The molecule has 116 valence electrons. The van der Waals surface area contributed by atoms with Gasteiger partial charge in [0, 0.05) is 13.6 Å². The molecule has 21 heavy (non-hydrogen) atoms. The smallest absolute Gasteiger partial charge is 0.308 e. The topological polar surface area (TPSA) is 91.8 Å². The molecule has 7 heteroatoms. The van der Waals surface area contributed by atoms with Crippen LogP contribution in [0.5, 0.6) is 0 Å². The van der Waals surface area contributed by atoms with E-state index in [0.717, 1.165) is 0 Å². The van der Waals surface area contributed by atoms with Crippen molar-refractivity contribution in [3.8, 4) is 0 Å². The van der Waals surface area contributed by atoms with E-state index in [-0.39, 0.29) is 22.8 Å². The number of nitrogens with zero attached hydrogens (tertiary/aromatic N) is 1. The molecule has 0 bridgehead atoms. The molecule has 0 fully saturated rings. The van der Waals surface area contributed by atoms with Gasteiger partial charge in [-0.1, -0.05) is 26.0 Å². The summed E-state index contributed by atoms with van der Waals surface area (Å²) in [5, 5.41) is 8.87. The van der Waals surface area contributed by atoms with Gasteiger partial charge in [0.25, 0.3) is 5.91 Å². The fraction of sp³-hybridized carbons (Fsp3) is 0.429. The second-order valence-corrected chi connectivity index (χ2v) is 7.07. The Morgan fingerprint density at radius 3 is 2.38 bits per heavy atom. The summed E-state index contributed by atoms with van der Waals surface area (Å²) in [6, 6.07) is 5.96. The highest BCUT2D eigenvalue weighted by molar-refractivity contribution is 7.91. The predicted octanol–water partition coefficient (Wildman–Crippen LogP) is 1.27. The molecule has 1 unspecified atom stereocenters. The number of rotatable bonds is 6. The molecule has 0 aliphatic heterocycles. The minimum absolute atomic E-state index is 0.00860. The lowest BCUT2D eigenvalue weighted by Gasteiger charge is -2.20. The van der Waals surface area contributed by atoms with Crippen LogP contribution in [0.4, 0.5) is 0 Å². The molecule has 6 nitrogen and oxygen atoms in total. The Hall–Kier alpha value is -1.89. The third-order valence-corrected chi connectivity index (χ3v) is 4.93. The Bertz CT molecular complexity index is 639. The summed E-state index contributed by atoms with van der Waals surface area (Å²) in [7, 11) is -2.06. The van der Waals surface area contributed by atoms with Crippen molar-refractivity contribution in [3.63, 3.8) is 0 Å². The summed E-state index contributed by atoms with van der Waals surface area (Å²) in [6.45, 7) is 3.00. The van der Waals surface area contributed by atoms with E-state index in [0.29, 0.717) is 0 Å². The van der Waals surface area contributed by atoms with Crippen LogP contribution in [0.2, 0.25) is 0 Å². The summed E-state index contributed by atoms with van der Waals surface area (Å²) in [5.41, 5.74) is 0.0689. The van der Waals surface area contributed by atoms with Gasteiger partial charge >= 0.3 is 5.97 Å². The predicted molar refractivity (Wildman–Crippen MR) is 77.9 cm³/mol. The van der Waals surface area contributed by atoms with Crippen molar-refractivity contribution in [3.05, 3.63) is 29.8 Å². The second-order valence-electron chi connectivity index (χ2n) is 4.82. The molecule has 0 heterocycles. The molecule has 1 atom stereocenters. The summed E-state index contributed by atoms with van der Waals surface area (Å²) in [5.74, 6) is -2.35. The first-order valence-corrected chi connectivity index (χ1v) is 8.16. The van der Waals surface area contributed by atoms with Crippen LogP contribution in [0.25, 0.3) is 0 Å².